The van der Waals surface area contributed by atoms with E-state index < -0.39 is 0 Å². The van der Waals surface area contributed by atoms with Crippen LogP contribution in [0.4, 0.5) is 0 Å². The van der Waals surface area contributed by atoms with E-state index in [2.05, 4.69) is 5.32 Å². The molecule has 1 atom stereocenters. The van der Waals surface area contributed by atoms with Gasteiger partial charge in [0.15, 0.2) is 11.5 Å². The van der Waals surface area contributed by atoms with Crippen LogP contribution in [0.15, 0.2) is 18.2 Å². The number of hydrogen-bond acceptors (Lipinski definition) is 4. The van der Waals surface area contributed by atoms with Crippen molar-refractivity contribution < 1.29 is 14.3 Å². The molecule has 1 aliphatic heterocycles. The molecule has 0 aromatic heterocycles. The lowest BCUT2D eigenvalue weighted by molar-refractivity contribution is -0.132. The van der Waals surface area contributed by atoms with E-state index in [0.29, 0.717) is 17.5 Å². The Morgan fingerprint density at radius 2 is 2.17 bits per heavy atom. The Hall–Kier alpha value is -1.55. The van der Waals surface area contributed by atoms with Crippen LogP contribution in [0.25, 0.3) is 0 Å². The van der Waals surface area contributed by atoms with Crippen LogP contribution < -0.4 is 14.8 Å². The summed E-state index contributed by atoms with van der Waals surface area (Å²) in [4.78, 5) is 11.0. The van der Waals surface area contributed by atoms with Gasteiger partial charge in [-0.2, -0.15) is 0 Å². The van der Waals surface area contributed by atoms with Gasteiger partial charge in [-0.25, -0.2) is 0 Å². The minimum absolute atomic E-state index is 0.336. The van der Waals surface area contributed by atoms with Gasteiger partial charge in [0.25, 0.3) is 0 Å². The highest BCUT2D eigenvalue weighted by atomic mass is 16.6. The Morgan fingerprint density at radius 1 is 1.33 bits per heavy atom. The number of piperidine rings is 1. The number of rotatable bonds is 3. The zero-order valence-corrected chi connectivity index (χ0v) is 10.9. The fraction of sp³-hybridized carbons (Fsp3) is 0.500. The van der Waals surface area contributed by atoms with Crippen molar-refractivity contribution in [2.24, 2.45) is 0 Å². The molecule has 4 heteroatoms. The third-order valence-electron chi connectivity index (χ3n) is 3.15. The largest absolute Gasteiger partial charge is 0.493 e. The summed E-state index contributed by atoms with van der Waals surface area (Å²) in [5.41, 5.74) is 1.18. The van der Waals surface area contributed by atoms with Crippen LogP contribution in [-0.2, 0) is 4.79 Å². The van der Waals surface area contributed by atoms with Crippen LogP contribution in [0.3, 0.4) is 0 Å². The Labute approximate surface area is 107 Å². The lowest BCUT2D eigenvalue weighted by Crippen LogP contribution is -2.26. The monoisotopic (exact) mass is 249 g/mol. The molecule has 0 amide bonds. The zero-order valence-electron chi connectivity index (χ0n) is 10.9. The van der Waals surface area contributed by atoms with Crippen molar-refractivity contribution in [3.63, 3.8) is 0 Å². The van der Waals surface area contributed by atoms with Gasteiger partial charge in [0, 0.05) is 13.0 Å². The first kappa shape index (κ1) is 12.9. The Morgan fingerprint density at radius 3 is 2.78 bits per heavy atom. The lowest BCUT2D eigenvalue weighted by Gasteiger charge is -2.24. The molecule has 1 heterocycles. The highest BCUT2D eigenvalue weighted by molar-refractivity contribution is 5.70. The average molecular weight is 249 g/mol. The zero-order chi connectivity index (χ0) is 13.0. The standard InChI is InChI=1S/C14H19NO3/c1-10(16)18-13-7-6-11(9-14(13)17-2)12-5-3-4-8-15-12/h6-7,9,12,15H,3-5,8H2,1-2H3/t12-/m1/s1. The van der Waals surface area contributed by atoms with Crippen LogP contribution in [0.1, 0.15) is 37.8 Å². The first-order chi connectivity index (χ1) is 8.70. The molecular formula is C14H19NO3. The number of hydrogen-bond donors (Lipinski definition) is 1. The number of methoxy groups -OCH3 is 1. The molecule has 4 nitrogen and oxygen atoms in total. The quantitative estimate of drug-likeness (QED) is 0.660. The highest BCUT2D eigenvalue weighted by Gasteiger charge is 2.17. The molecule has 1 saturated heterocycles. The van der Waals surface area contributed by atoms with E-state index in [0.717, 1.165) is 13.0 Å². The third kappa shape index (κ3) is 3.01. The minimum Gasteiger partial charge on any atom is -0.493 e. The normalized spacial score (nSPS) is 19.3. The molecule has 0 spiro atoms. The van der Waals surface area contributed by atoms with E-state index in [9.17, 15) is 4.79 Å². The van der Waals surface area contributed by atoms with Gasteiger partial charge in [-0.15, -0.1) is 0 Å². The number of ether oxygens (including phenoxy) is 2. The summed E-state index contributed by atoms with van der Waals surface area (Å²) in [6, 6.07) is 6.11. The van der Waals surface area contributed by atoms with Crippen molar-refractivity contribution >= 4 is 5.97 Å². The van der Waals surface area contributed by atoms with Gasteiger partial charge in [-0.3, -0.25) is 4.79 Å². The van der Waals surface area contributed by atoms with Gasteiger partial charge in [-0.1, -0.05) is 12.5 Å². The number of carbonyl (C=O) groups is 1. The van der Waals surface area contributed by atoms with Crippen LogP contribution in [0.5, 0.6) is 11.5 Å². The maximum Gasteiger partial charge on any atom is 0.308 e. The van der Waals surface area contributed by atoms with Crippen molar-refractivity contribution in [3.05, 3.63) is 23.8 Å². The second-order valence-corrected chi connectivity index (χ2v) is 4.51. The van der Waals surface area contributed by atoms with E-state index in [1.54, 1.807) is 13.2 Å². The molecule has 0 unspecified atom stereocenters. The van der Waals surface area contributed by atoms with Gasteiger partial charge in [0.1, 0.15) is 0 Å². The van der Waals surface area contributed by atoms with Gasteiger partial charge in [0.2, 0.25) is 0 Å². The van der Waals surface area contributed by atoms with Crippen LogP contribution in [0, 0.1) is 0 Å². The maximum atomic E-state index is 11.0. The molecule has 0 aliphatic carbocycles. The third-order valence-corrected chi connectivity index (χ3v) is 3.15. The second kappa shape index (κ2) is 5.87. The number of benzene rings is 1. The van der Waals surface area contributed by atoms with Gasteiger partial charge >= 0.3 is 5.97 Å². The Balaban J connectivity index is 2.20. The van der Waals surface area contributed by atoms with E-state index in [-0.39, 0.29) is 5.97 Å². The Bertz CT molecular complexity index is 425. The van der Waals surface area contributed by atoms with Crippen molar-refractivity contribution in [2.45, 2.75) is 32.2 Å². The molecule has 0 radical (unpaired) electrons. The smallest absolute Gasteiger partial charge is 0.308 e. The van der Waals surface area contributed by atoms with Crippen molar-refractivity contribution in [2.75, 3.05) is 13.7 Å². The van der Waals surface area contributed by atoms with E-state index in [1.807, 2.05) is 12.1 Å². The molecular weight excluding hydrogens is 230 g/mol. The number of esters is 1. The molecule has 18 heavy (non-hydrogen) atoms. The Kier molecular flexibility index (Phi) is 4.20. The fourth-order valence-electron chi connectivity index (χ4n) is 2.28. The molecule has 1 aliphatic rings. The predicted octanol–water partition coefficient (Wildman–Crippen LogP) is 2.44. The minimum atomic E-state index is -0.336. The summed E-state index contributed by atoms with van der Waals surface area (Å²) in [5, 5.41) is 3.48. The molecule has 0 saturated carbocycles. The number of carbonyl (C=O) groups excluding carboxylic acids is 1. The maximum absolute atomic E-state index is 11.0. The van der Waals surface area contributed by atoms with Crippen LogP contribution in [0.2, 0.25) is 0 Å². The average Bonchev–Trinajstić information content (AvgIpc) is 2.39. The summed E-state index contributed by atoms with van der Waals surface area (Å²) < 4.78 is 10.4. The van der Waals surface area contributed by atoms with Crippen molar-refractivity contribution in [1.29, 1.82) is 0 Å². The van der Waals surface area contributed by atoms with Crippen molar-refractivity contribution in [3.8, 4) is 11.5 Å². The summed E-state index contributed by atoms with van der Waals surface area (Å²) in [6.45, 7) is 2.44. The number of nitrogens with one attached hydrogen (secondary N) is 1. The summed E-state index contributed by atoms with van der Waals surface area (Å²) >= 11 is 0. The van der Waals surface area contributed by atoms with Gasteiger partial charge in [0.05, 0.1) is 7.11 Å². The second-order valence-electron chi connectivity index (χ2n) is 4.51. The van der Waals surface area contributed by atoms with E-state index >= 15 is 0 Å². The fourth-order valence-corrected chi connectivity index (χ4v) is 2.28. The van der Waals surface area contributed by atoms with Crippen LogP contribution >= 0.6 is 0 Å². The first-order valence-electron chi connectivity index (χ1n) is 6.30. The molecule has 1 aromatic rings. The summed E-state index contributed by atoms with van der Waals surface area (Å²) in [6.07, 6.45) is 3.61. The first-order valence-corrected chi connectivity index (χ1v) is 6.30. The van der Waals surface area contributed by atoms with Gasteiger partial charge in [-0.05, 0) is 37.1 Å². The summed E-state index contributed by atoms with van der Waals surface area (Å²) in [5.74, 6) is 0.747. The molecule has 2 rings (SSSR count). The van der Waals surface area contributed by atoms with Gasteiger partial charge < -0.3 is 14.8 Å². The topological polar surface area (TPSA) is 47.6 Å². The molecule has 98 valence electrons. The summed E-state index contributed by atoms with van der Waals surface area (Å²) in [7, 11) is 1.58. The molecule has 1 aromatic carbocycles. The highest BCUT2D eigenvalue weighted by Crippen LogP contribution is 2.32. The van der Waals surface area contributed by atoms with Crippen molar-refractivity contribution in [1.82, 2.24) is 5.32 Å². The molecule has 0 bridgehead atoms. The SMILES string of the molecule is COc1cc([C@H]2CCCCN2)ccc1OC(C)=O. The lowest BCUT2D eigenvalue weighted by atomic mass is 9.97. The molecule has 1 fully saturated rings. The van der Waals surface area contributed by atoms with Crippen LogP contribution in [-0.4, -0.2) is 19.6 Å². The van der Waals surface area contributed by atoms with E-state index in [1.165, 1.54) is 25.3 Å². The predicted molar refractivity (Wildman–Crippen MR) is 68.9 cm³/mol. The van der Waals surface area contributed by atoms with E-state index in [4.69, 9.17) is 9.47 Å². The molecule has 1 N–H and O–H groups in total.